The van der Waals surface area contributed by atoms with Crippen molar-refractivity contribution in [2.24, 2.45) is 10.9 Å². The van der Waals surface area contributed by atoms with Crippen molar-refractivity contribution in [2.45, 2.75) is 53.9 Å². The maximum atomic E-state index is 11.2. The Morgan fingerprint density at radius 1 is 1.30 bits per heavy atom. The number of nitrogens with zero attached hydrogens (tertiary/aromatic N) is 1. The second-order valence-corrected chi connectivity index (χ2v) is 7.97. The maximum absolute atomic E-state index is 11.2. The van der Waals surface area contributed by atoms with E-state index in [-0.39, 0.29) is 5.92 Å². The second-order valence-electron chi connectivity index (χ2n) is 6.74. The van der Waals surface area contributed by atoms with Gasteiger partial charge in [0.25, 0.3) is 0 Å². The first-order chi connectivity index (χ1) is 12.9. The van der Waals surface area contributed by atoms with Crippen LogP contribution < -0.4 is 5.32 Å². The van der Waals surface area contributed by atoms with Crippen LogP contribution in [0.2, 0.25) is 0 Å². The molecule has 1 heterocycles. The molecule has 0 aromatic carbocycles. The number of hydrogen-bond donors (Lipinski definition) is 2. The minimum atomic E-state index is 0.163. The van der Waals surface area contributed by atoms with Crippen LogP contribution in [0, 0.1) is 25.2 Å². The molecule has 1 unspecified atom stereocenters. The van der Waals surface area contributed by atoms with E-state index in [9.17, 15) is 4.79 Å². The lowest BCUT2D eigenvalue weighted by Crippen LogP contribution is -2.24. The van der Waals surface area contributed by atoms with Crippen LogP contribution in [0.15, 0.2) is 28.8 Å². The van der Waals surface area contributed by atoms with Crippen molar-refractivity contribution < 1.29 is 4.79 Å². The Morgan fingerprint density at radius 3 is 2.48 bits per heavy atom. The van der Waals surface area contributed by atoms with Gasteiger partial charge >= 0.3 is 0 Å². The predicted octanol–water partition coefficient (Wildman–Crippen LogP) is 6.01. The minimum absolute atomic E-state index is 0.163. The average molecular weight is 388 g/mol. The van der Waals surface area contributed by atoms with Gasteiger partial charge in [0.1, 0.15) is 0 Å². The van der Waals surface area contributed by atoms with Crippen molar-refractivity contribution in [3.8, 4) is 0 Å². The van der Waals surface area contributed by atoms with E-state index in [0.717, 1.165) is 32.9 Å². The van der Waals surface area contributed by atoms with Crippen LogP contribution in [0.5, 0.6) is 0 Å². The molecule has 1 aromatic heterocycles. The van der Waals surface area contributed by atoms with Gasteiger partial charge in [-0.05, 0) is 31.1 Å². The first-order valence-corrected chi connectivity index (χ1v) is 10.5. The summed E-state index contributed by atoms with van der Waals surface area (Å²) < 4.78 is 0. The van der Waals surface area contributed by atoms with E-state index in [1.54, 1.807) is 18.4 Å². The normalized spacial score (nSPS) is 15.9. The molecular formula is C22H33N3OS. The first-order valence-electron chi connectivity index (χ1n) is 9.64. The van der Waals surface area contributed by atoms with Crippen molar-refractivity contribution in [2.75, 3.05) is 18.9 Å². The molecule has 148 valence electrons. The van der Waals surface area contributed by atoms with Gasteiger partial charge in [-0.15, -0.1) is 11.3 Å². The van der Waals surface area contributed by atoms with Crippen LogP contribution in [0.3, 0.4) is 0 Å². The Bertz CT molecular complexity index is 739. The van der Waals surface area contributed by atoms with Gasteiger partial charge in [0.2, 0.25) is 0 Å². The standard InChI is InChI=1S/C17H21N3OS.C5H12/c1-10(13-6-5-7-15(19-4)16(13)18)8-20-17-14(9-21)11(2)12(3)22-17;1-3-5-4-2/h5-7,9-10,18,20H,8H2,1-4H3;3-5H2,1-2H3. The molecule has 2 rings (SSSR count). The summed E-state index contributed by atoms with van der Waals surface area (Å²) in [5.74, 6) is 0.163. The summed E-state index contributed by atoms with van der Waals surface area (Å²) in [4.78, 5) is 16.5. The summed E-state index contributed by atoms with van der Waals surface area (Å²) >= 11 is 1.61. The number of anilines is 1. The number of hydrogen-bond acceptors (Lipinski definition) is 5. The van der Waals surface area contributed by atoms with Gasteiger partial charge in [0, 0.05) is 24.4 Å². The van der Waals surface area contributed by atoms with Crippen molar-refractivity contribution in [3.05, 3.63) is 39.8 Å². The van der Waals surface area contributed by atoms with Crippen LogP contribution in [-0.2, 0) is 0 Å². The summed E-state index contributed by atoms with van der Waals surface area (Å²) in [6.07, 6.45) is 10.7. The lowest BCUT2D eigenvalue weighted by atomic mass is 9.90. The number of allylic oxidation sites excluding steroid dienone is 3. The van der Waals surface area contributed by atoms with Crippen LogP contribution in [-0.4, -0.2) is 31.3 Å². The summed E-state index contributed by atoms with van der Waals surface area (Å²) in [6.45, 7) is 11.2. The van der Waals surface area contributed by atoms with Crippen LogP contribution in [0.25, 0.3) is 0 Å². The number of unbranched alkanes of at least 4 members (excludes halogenated alkanes) is 2. The minimum Gasteiger partial charge on any atom is -0.376 e. The largest absolute Gasteiger partial charge is 0.376 e. The Kier molecular flexibility index (Phi) is 9.94. The Balaban J connectivity index is 0.000000646. The smallest absolute Gasteiger partial charge is 0.153 e. The SMILES string of the molecule is CCCCC.CN=C1C=CC=C(C(C)CNc2sc(C)c(C)c2C=O)C1=N. The summed E-state index contributed by atoms with van der Waals surface area (Å²) in [5.41, 5.74) is 3.95. The van der Waals surface area contributed by atoms with Gasteiger partial charge in [0.05, 0.1) is 22.0 Å². The van der Waals surface area contributed by atoms with E-state index >= 15 is 0 Å². The van der Waals surface area contributed by atoms with E-state index in [4.69, 9.17) is 5.41 Å². The van der Waals surface area contributed by atoms with E-state index in [1.165, 1.54) is 19.3 Å². The highest BCUT2D eigenvalue weighted by molar-refractivity contribution is 7.16. The van der Waals surface area contributed by atoms with Gasteiger partial charge < -0.3 is 5.32 Å². The topological polar surface area (TPSA) is 65.3 Å². The number of aliphatic imine (C=N–C) groups is 1. The van der Waals surface area contributed by atoms with Gasteiger partial charge in [-0.25, -0.2) is 0 Å². The van der Waals surface area contributed by atoms with E-state index in [0.29, 0.717) is 18.0 Å². The van der Waals surface area contributed by atoms with Gasteiger partial charge in [-0.3, -0.25) is 15.2 Å². The third kappa shape index (κ3) is 6.28. The van der Waals surface area contributed by atoms with Gasteiger partial charge in [-0.1, -0.05) is 52.2 Å². The molecule has 1 aliphatic carbocycles. The quantitative estimate of drug-likeness (QED) is 0.444. The zero-order valence-electron chi connectivity index (χ0n) is 17.5. The number of carbonyl (C=O) groups is 1. The van der Waals surface area contributed by atoms with E-state index in [2.05, 4.69) is 31.1 Å². The van der Waals surface area contributed by atoms with Gasteiger partial charge in [0.15, 0.2) is 6.29 Å². The van der Waals surface area contributed by atoms with Crippen LogP contribution in [0.4, 0.5) is 5.00 Å². The monoisotopic (exact) mass is 387 g/mol. The second kappa shape index (κ2) is 11.7. The zero-order chi connectivity index (χ0) is 20.4. The fourth-order valence-electron chi connectivity index (χ4n) is 2.78. The fourth-order valence-corrected chi connectivity index (χ4v) is 3.82. The number of nitrogens with one attached hydrogen (secondary N) is 2. The van der Waals surface area contributed by atoms with Gasteiger partial charge in [-0.2, -0.15) is 0 Å². The first kappa shape index (κ1) is 23.0. The fraction of sp³-hybridized carbons (Fsp3) is 0.500. The molecule has 2 N–H and O–H groups in total. The Hall–Kier alpha value is -2.01. The molecule has 27 heavy (non-hydrogen) atoms. The number of aldehydes is 1. The molecule has 0 saturated carbocycles. The van der Waals surface area contributed by atoms with Crippen LogP contribution in [0.1, 0.15) is 60.8 Å². The van der Waals surface area contributed by atoms with Crippen molar-refractivity contribution in [3.63, 3.8) is 0 Å². The summed E-state index contributed by atoms with van der Waals surface area (Å²) in [5, 5.41) is 12.5. The molecule has 0 fully saturated rings. The van der Waals surface area contributed by atoms with E-state index in [1.807, 2.05) is 32.1 Å². The summed E-state index contributed by atoms with van der Waals surface area (Å²) in [7, 11) is 1.70. The molecule has 0 saturated heterocycles. The molecule has 1 aliphatic rings. The molecule has 1 aromatic rings. The number of rotatable bonds is 7. The molecule has 0 aliphatic heterocycles. The molecule has 4 nitrogen and oxygen atoms in total. The zero-order valence-corrected chi connectivity index (χ0v) is 18.3. The van der Waals surface area contributed by atoms with E-state index < -0.39 is 0 Å². The number of thiophene rings is 1. The highest BCUT2D eigenvalue weighted by atomic mass is 32.1. The third-order valence-corrected chi connectivity index (χ3v) is 5.85. The van der Waals surface area contributed by atoms with Crippen molar-refractivity contribution in [1.82, 2.24) is 0 Å². The molecule has 0 spiro atoms. The van der Waals surface area contributed by atoms with Crippen molar-refractivity contribution in [1.29, 1.82) is 5.41 Å². The number of aryl methyl sites for hydroxylation is 1. The molecule has 0 amide bonds. The molecular weight excluding hydrogens is 354 g/mol. The molecule has 5 heteroatoms. The third-order valence-electron chi connectivity index (χ3n) is 4.67. The molecule has 0 bridgehead atoms. The van der Waals surface area contributed by atoms with Crippen LogP contribution >= 0.6 is 11.3 Å². The highest BCUT2D eigenvalue weighted by Gasteiger charge is 2.19. The predicted molar refractivity (Wildman–Crippen MR) is 120 cm³/mol. The Labute approximate surface area is 168 Å². The average Bonchev–Trinajstić information content (AvgIpc) is 2.94. The highest BCUT2D eigenvalue weighted by Crippen LogP contribution is 2.31. The summed E-state index contributed by atoms with van der Waals surface area (Å²) in [6, 6.07) is 0. The van der Waals surface area contributed by atoms with Crippen molar-refractivity contribution >= 4 is 34.0 Å². The Morgan fingerprint density at radius 2 is 1.96 bits per heavy atom. The lowest BCUT2D eigenvalue weighted by Gasteiger charge is -2.20. The maximum Gasteiger partial charge on any atom is 0.153 e. The lowest BCUT2D eigenvalue weighted by molar-refractivity contribution is 0.112. The number of carbonyl (C=O) groups excluding carboxylic acids is 1. The molecule has 0 radical (unpaired) electrons. The molecule has 1 atom stereocenters.